The van der Waals surface area contributed by atoms with E-state index in [1.54, 1.807) is 6.20 Å². The van der Waals surface area contributed by atoms with Gasteiger partial charge in [0.1, 0.15) is 17.7 Å². The van der Waals surface area contributed by atoms with E-state index in [1.807, 2.05) is 38.6 Å². The molecule has 0 saturated carbocycles. The Kier molecular flexibility index (Phi) is 4.70. The first kappa shape index (κ1) is 15.0. The molecule has 1 unspecified atom stereocenters. The lowest BCUT2D eigenvalue weighted by Gasteiger charge is -2.16. The molecule has 1 atom stereocenters. The normalized spacial score (nSPS) is 19.0. The molecule has 2 aromatic rings. The van der Waals surface area contributed by atoms with Crippen LogP contribution in [-0.2, 0) is 13.1 Å². The maximum Gasteiger partial charge on any atom is 0.123 e. The third kappa shape index (κ3) is 4.05. The number of hydrogen-bond donors (Lipinski definition) is 1. The highest BCUT2D eigenvalue weighted by molar-refractivity contribution is 5.23. The number of nitrogens with zero attached hydrogens (tertiary/aromatic N) is 4. The van der Waals surface area contributed by atoms with E-state index in [4.69, 9.17) is 4.74 Å². The van der Waals surface area contributed by atoms with Crippen molar-refractivity contribution in [3.05, 3.63) is 42.2 Å². The van der Waals surface area contributed by atoms with E-state index in [-0.39, 0.29) is 6.10 Å². The summed E-state index contributed by atoms with van der Waals surface area (Å²) in [7, 11) is 4.08. The summed E-state index contributed by atoms with van der Waals surface area (Å²) < 4.78 is 6.12. The summed E-state index contributed by atoms with van der Waals surface area (Å²) in [6.45, 7) is 3.66. The van der Waals surface area contributed by atoms with Crippen molar-refractivity contribution in [3.8, 4) is 5.75 Å². The van der Waals surface area contributed by atoms with Crippen molar-refractivity contribution in [1.82, 2.24) is 24.8 Å². The van der Waals surface area contributed by atoms with Crippen molar-refractivity contribution in [2.24, 2.45) is 0 Å². The lowest BCUT2D eigenvalue weighted by molar-refractivity contribution is 0.197. The van der Waals surface area contributed by atoms with Crippen LogP contribution in [0, 0.1) is 0 Å². The molecule has 1 N–H and O–H groups in total. The van der Waals surface area contributed by atoms with E-state index in [0.717, 1.165) is 49.9 Å². The summed E-state index contributed by atoms with van der Waals surface area (Å²) in [5, 5.41) is 0. The number of pyridine rings is 1. The quantitative estimate of drug-likeness (QED) is 0.876. The van der Waals surface area contributed by atoms with Crippen molar-refractivity contribution >= 4 is 0 Å². The molecule has 0 bridgehead atoms. The Morgan fingerprint density at radius 2 is 2.27 bits per heavy atom. The third-order valence-electron chi connectivity index (χ3n) is 3.73. The van der Waals surface area contributed by atoms with E-state index < -0.39 is 0 Å². The highest BCUT2D eigenvalue weighted by Crippen LogP contribution is 2.20. The zero-order chi connectivity index (χ0) is 15.4. The zero-order valence-electron chi connectivity index (χ0n) is 13.2. The minimum atomic E-state index is 0.240. The number of aromatic nitrogens is 3. The Morgan fingerprint density at radius 3 is 3.05 bits per heavy atom. The Labute approximate surface area is 131 Å². The second kappa shape index (κ2) is 6.89. The summed E-state index contributed by atoms with van der Waals surface area (Å²) >= 11 is 0. The van der Waals surface area contributed by atoms with Gasteiger partial charge in [0.15, 0.2) is 0 Å². The van der Waals surface area contributed by atoms with Crippen molar-refractivity contribution in [3.63, 3.8) is 0 Å². The highest BCUT2D eigenvalue weighted by Gasteiger charge is 2.24. The summed E-state index contributed by atoms with van der Waals surface area (Å²) in [6, 6.07) is 3.98. The Balaban J connectivity index is 1.53. The zero-order valence-corrected chi connectivity index (χ0v) is 13.2. The predicted molar refractivity (Wildman–Crippen MR) is 84.5 cm³/mol. The van der Waals surface area contributed by atoms with Gasteiger partial charge in [0.2, 0.25) is 0 Å². The number of rotatable bonds is 6. The van der Waals surface area contributed by atoms with Gasteiger partial charge in [-0.2, -0.15) is 0 Å². The number of imidazole rings is 1. The van der Waals surface area contributed by atoms with Crippen LogP contribution in [0.5, 0.6) is 5.75 Å². The number of nitrogens with one attached hydrogen (secondary N) is 1. The smallest absolute Gasteiger partial charge is 0.123 e. The largest absolute Gasteiger partial charge is 0.489 e. The molecule has 6 nitrogen and oxygen atoms in total. The predicted octanol–water partition coefficient (Wildman–Crippen LogP) is 1.52. The van der Waals surface area contributed by atoms with Gasteiger partial charge < -0.3 is 14.6 Å². The van der Waals surface area contributed by atoms with Gasteiger partial charge >= 0.3 is 0 Å². The molecule has 0 radical (unpaired) electrons. The first-order valence-electron chi connectivity index (χ1n) is 7.66. The van der Waals surface area contributed by atoms with E-state index >= 15 is 0 Å². The second-order valence-corrected chi connectivity index (χ2v) is 6.02. The molecule has 2 aromatic heterocycles. The topological polar surface area (TPSA) is 57.3 Å². The van der Waals surface area contributed by atoms with Crippen LogP contribution in [0.1, 0.15) is 17.9 Å². The molecule has 0 aliphatic carbocycles. The molecule has 1 aliphatic heterocycles. The summed E-state index contributed by atoms with van der Waals surface area (Å²) in [4.78, 5) is 16.3. The Hall–Kier alpha value is -1.92. The molecule has 0 amide bonds. The Bertz CT molecular complexity index is 584. The third-order valence-corrected chi connectivity index (χ3v) is 3.73. The minimum absolute atomic E-state index is 0.240. The van der Waals surface area contributed by atoms with Gasteiger partial charge in [-0.3, -0.25) is 9.88 Å². The van der Waals surface area contributed by atoms with E-state index in [1.165, 1.54) is 0 Å². The molecule has 1 fully saturated rings. The van der Waals surface area contributed by atoms with Gasteiger partial charge in [0.25, 0.3) is 0 Å². The van der Waals surface area contributed by atoms with Crippen molar-refractivity contribution in [1.29, 1.82) is 0 Å². The maximum atomic E-state index is 6.12. The van der Waals surface area contributed by atoms with Crippen LogP contribution in [0.4, 0.5) is 0 Å². The lowest BCUT2D eigenvalue weighted by Crippen LogP contribution is -2.25. The monoisotopic (exact) mass is 301 g/mol. The maximum absolute atomic E-state index is 6.12. The van der Waals surface area contributed by atoms with Crippen LogP contribution in [0.25, 0.3) is 0 Å². The fourth-order valence-corrected chi connectivity index (χ4v) is 2.77. The molecule has 1 aliphatic rings. The number of likely N-dealkylation sites (tertiary alicyclic amines) is 1. The molecule has 0 spiro atoms. The van der Waals surface area contributed by atoms with Gasteiger partial charge in [-0.05, 0) is 26.6 Å². The average molecular weight is 301 g/mol. The van der Waals surface area contributed by atoms with E-state index in [0.29, 0.717) is 0 Å². The molecule has 22 heavy (non-hydrogen) atoms. The molecule has 6 heteroatoms. The van der Waals surface area contributed by atoms with Crippen LogP contribution in [-0.4, -0.2) is 58.0 Å². The fraction of sp³-hybridized carbons (Fsp3) is 0.500. The van der Waals surface area contributed by atoms with E-state index in [2.05, 4.69) is 24.8 Å². The molecular formula is C16H23N5O. The molecule has 3 heterocycles. The van der Waals surface area contributed by atoms with Crippen LogP contribution < -0.4 is 4.74 Å². The molecular weight excluding hydrogens is 278 g/mol. The van der Waals surface area contributed by atoms with Crippen molar-refractivity contribution < 1.29 is 4.74 Å². The molecule has 3 rings (SSSR count). The average Bonchev–Trinajstić information content (AvgIpc) is 3.11. The first-order valence-corrected chi connectivity index (χ1v) is 7.66. The standard InChI is InChI=1S/C16H23N5O/c1-20(2)10-13-9-14(3-5-17-13)22-15-4-8-21(11-15)12-16-18-6-7-19-16/h3,5-7,9,15H,4,8,10-12H2,1-2H3,(H,18,19). The van der Waals surface area contributed by atoms with Gasteiger partial charge in [-0.1, -0.05) is 0 Å². The van der Waals surface area contributed by atoms with Crippen LogP contribution in [0.2, 0.25) is 0 Å². The lowest BCUT2D eigenvalue weighted by atomic mass is 10.3. The number of H-pyrrole nitrogens is 1. The van der Waals surface area contributed by atoms with Crippen molar-refractivity contribution in [2.75, 3.05) is 27.2 Å². The summed E-state index contributed by atoms with van der Waals surface area (Å²) in [5.74, 6) is 1.93. The van der Waals surface area contributed by atoms with Crippen LogP contribution in [0.3, 0.4) is 0 Å². The minimum Gasteiger partial charge on any atom is -0.489 e. The SMILES string of the molecule is CN(C)Cc1cc(OC2CCN(Cc3ncc[nH]3)C2)ccn1. The molecule has 0 aromatic carbocycles. The Morgan fingerprint density at radius 1 is 1.36 bits per heavy atom. The first-order chi connectivity index (χ1) is 10.7. The van der Waals surface area contributed by atoms with Gasteiger partial charge in [0.05, 0.1) is 12.2 Å². The van der Waals surface area contributed by atoms with Crippen LogP contribution in [0.15, 0.2) is 30.7 Å². The number of hydrogen-bond acceptors (Lipinski definition) is 5. The summed E-state index contributed by atoms with van der Waals surface area (Å²) in [5.41, 5.74) is 1.04. The number of ether oxygens (including phenoxy) is 1. The van der Waals surface area contributed by atoms with Crippen molar-refractivity contribution in [2.45, 2.75) is 25.6 Å². The fourth-order valence-electron chi connectivity index (χ4n) is 2.77. The highest BCUT2D eigenvalue weighted by atomic mass is 16.5. The molecule has 1 saturated heterocycles. The summed E-state index contributed by atoms with van der Waals surface area (Å²) in [6.07, 6.45) is 6.77. The molecule has 118 valence electrons. The van der Waals surface area contributed by atoms with Gasteiger partial charge in [-0.15, -0.1) is 0 Å². The second-order valence-electron chi connectivity index (χ2n) is 6.02. The van der Waals surface area contributed by atoms with Gasteiger partial charge in [-0.25, -0.2) is 4.98 Å². The van der Waals surface area contributed by atoms with Crippen LogP contribution >= 0.6 is 0 Å². The van der Waals surface area contributed by atoms with E-state index in [9.17, 15) is 0 Å². The van der Waals surface area contributed by atoms with Gasteiger partial charge in [0, 0.05) is 44.3 Å². The number of aromatic amines is 1.